The Labute approximate surface area is 140 Å². The second-order valence-electron chi connectivity index (χ2n) is 5.24. The molecule has 0 atom stereocenters. The van der Waals surface area contributed by atoms with E-state index in [1.54, 1.807) is 7.05 Å². The van der Waals surface area contributed by atoms with Crippen LogP contribution in [0.1, 0.15) is 39.5 Å². The van der Waals surface area contributed by atoms with Crippen LogP contribution in [0.3, 0.4) is 0 Å². The molecule has 0 saturated carbocycles. The first-order chi connectivity index (χ1) is 9.17. The van der Waals surface area contributed by atoms with Gasteiger partial charge in [-0.3, -0.25) is 9.79 Å². The zero-order valence-electron chi connectivity index (χ0n) is 12.9. The van der Waals surface area contributed by atoms with Crippen molar-refractivity contribution in [1.29, 1.82) is 0 Å². The van der Waals surface area contributed by atoms with Crippen LogP contribution in [0, 0.1) is 5.92 Å². The monoisotopic (exact) mass is 396 g/mol. The number of rotatable bonds is 5. The number of nitrogens with zero attached hydrogens (tertiary/aromatic N) is 2. The summed E-state index contributed by atoms with van der Waals surface area (Å²) in [5.41, 5.74) is 0. The standard InChI is InChI=1S/C14H28N4O.HI/c1-4-8-16-13(19)5-9-17-14(15-3)18-10-6-12(2)7-11-18;/h12H,4-11H2,1-3H3,(H,15,17)(H,16,19);1H. The number of carbonyl (C=O) groups excluding carboxylic acids is 1. The number of aliphatic imine (C=N–C) groups is 1. The molecule has 2 N–H and O–H groups in total. The fourth-order valence-corrected chi connectivity index (χ4v) is 2.19. The fourth-order valence-electron chi connectivity index (χ4n) is 2.19. The van der Waals surface area contributed by atoms with E-state index in [0.29, 0.717) is 13.0 Å². The number of hydrogen-bond acceptors (Lipinski definition) is 2. The minimum Gasteiger partial charge on any atom is -0.356 e. The van der Waals surface area contributed by atoms with Gasteiger partial charge in [0.05, 0.1) is 0 Å². The van der Waals surface area contributed by atoms with Gasteiger partial charge in [-0.1, -0.05) is 13.8 Å². The molecule has 1 amide bonds. The van der Waals surface area contributed by atoms with Crippen LogP contribution < -0.4 is 10.6 Å². The van der Waals surface area contributed by atoms with Crippen molar-refractivity contribution < 1.29 is 4.79 Å². The summed E-state index contributed by atoms with van der Waals surface area (Å²) in [4.78, 5) is 18.1. The molecule has 0 aliphatic carbocycles. The van der Waals surface area contributed by atoms with Gasteiger partial charge in [0.2, 0.25) is 5.91 Å². The molecule has 1 rings (SSSR count). The van der Waals surface area contributed by atoms with Crippen LogP contribution in [0.5, 0.6) is 0 Å². The van der Waals surface area contributed by atoms with Gasteiger partial charge in [-0.15, -0.1) is 24.0 Å². The minimum absolute atomic E-state index is 0. The smallest absolute Gasteiger partial charge is 0.221 e. The molecule has 1 aliphatic rings. The molecule has 1 heterocycles. The first kappa shape index (κ1) is 19.5. The number of nitrogens with one attached hydrogen (secondary N) is 2. The van der Waals surface area contributed by atoms with E-state index >= 15 is 0 Å². The van der Waals surface area contributed by atoms with Crippen LogP contribution in [0.4, 0.5) is 0 Å². The second-order valence-corrected chi connectivity index (χ2v) is 5.24. The number of likely N-dealkylation sites (tertiary alicyclic amines) is 1. The molecule has 5 nitrogen and oxygen atoms in total. The molecule has 118 valence electrons. The predicted octanol–water partition coefficient (Wildman–Crippen LogP) is 1.83. The van der Waals surface area contributed by atoms with Crippen LogP contribution >= 0.6 is 24.0 Å². The third kappa shape index (κ3) is 7.31. The Morgan fingerprint density at radius 3 is 2.45 bits per heavy atom. The largest absolute Gasteiger partial charge is 0.356 e. The number of halogens is 1. The Balaban J connectivity index is 0.00000361. The SMILES string of the molecule is CCCNC(=O)CCNC(=NC)N1CCC(C)CC1.I. The maximum Gasteiger partial charge on any atom is 0.221 e. The lowest BCUT2D eigenvalue weighted by Gasteiger charge is -2.32. The summed E-state index contributed by atoms with van der Waals surface area (Å²) in [5, 5.41) is 6.15. The van der Waals surface area contributed by atoms with Crippen molar-refractivity contribution in [3.05, 3.63) is 0 Å². The summed E-state index contributed by atoms with van der Waals surface area (Å²) in [7, 11) is 1.80. The van der Waals surface area contributed by atoms with Crippen molar-refractivity contribution in [3.8, 4) is 0 Å². The third-order valence-corrected chi connectivity index (χ3v) is 3.50. The fraction of sp³-hybridized carbons (Fsp3) is 0.857. The van der Waals surface area contributed by atoms with Crippen LogP contribution in [0.2, 0.25) is 0 Å². The van der Waals surface area contributed by atoms with Gasteiger partial charge in [0.15, 0.2) is 5.96 Å². The molecule has 1 aliphatic heterocycles. The average molecular weight is 396 g/mol. The zero-order valence-corrected chi connectivity index (χ0v) is 15.3. The lowest BCUT2D eigenvalue weighted by atomic mass is 10.00. The van der Waals surface area contributed by atoms with Crippen molar-refractivity contribution >= 4 is 35.8 Å². The third-order valence-electron chi connectivity index (χ3n) is 3.50. The second kappa shape index (κ2) is 11.2. The van der Waals surface area contributed by atoms with Crippen LogP contribution in [-0.4, -0.2) is 50.0 Å². The molecule has 0 spiro atoms. The summed E-state index contributed by atoms with van der Waals surface area (Å²) < 4.78 is 0. The average Bonchev–Trinajstić information content (AvgIpc) is 2.42. The van der Waals surface area contributed by atoms with E-state index in [1.165, 1.54) is 12.8 Å². The first-order valence-electron chi connectivity index (χ1n) is 7.39. The summed E-state index contributed by atoms with van der Waals surface area (Å²) >= 11 is 0. The molecule has 0 aromatic heterocycles. The van der Waals surface area contributed by atoms with Crippen LogP contribution in [-0.2, 0) is 4.79 Å². The highest BCUT2D eigenvalue weighted by atomic mass is 127. The van der Waals surface area contributed by atoms with E-state index < -0.39 is 0 Å². The van der Waals surface area contributed by atoms with Gasteiger partial charge < -0.3 is 15.5 Å². The summed E-state index contributed by atoms with van der Waals surface area (Å²) in [6, 6.07) is 0. The van der Waals surface area contributed by atoms with Crippen molar-refractivity contribution in [3.63, 3.8) is 0 Å². The van der Waals surface area contributed by atoms with E-state index in [2.05, 4.69) is 34.4 Å². The Kier molecular flexibility index (Phi) is 10.9. The van der Waals surface area contributed by atoms with Gasteiger partial charge in [0, 0.05) is 39.6 Å². The minimum atomic E-state index is 0. The quantitative estimate of drug-likeness (QED) is 0.424. The summed E-state index contributed by atoms with van der Waals surface area (Å²) in [6.07, 6.45) is 3.92. The molecule has 0 radical (unpaired) electrons. The molecule has 0 unspecified atom stereocenters. The predicted molar refractivity (Wildman–Crippen MR) is 94.7 cm³/mol. The van der Waals surface area contributed by atoms with Gasteiger partial charge in [-0.2, -0.15) is 0 Å². The highest BCUT2D eigenvalue weighted by molar-refractivity contribution is 14.0. The van der Waals surface area contributed by atoms with Gasteiger partial charge in [-0.25, -0.2) is 0 Å². The molecule has 0 bridgehead atoms. The Morgan fingerprint density at radius 2 is 1.90 bits per heavy atom. The summed E-state index contributed by atoms with van der Waals surface area (Å²) in [6.45, 7) is 7.88. The van der Waals surface area contributed by atoms with Crippen molar-refractivity contribution in [2.45, 2.75) is 39.5 Å². The van der Waals surface area contributed by atoms with Crippen LogP contribution in [0.25, 0.3) is 0 Å². The van der Waals surface area contributed by atoms with Gasteiger partial charge in [-0.05, 0) is 25.2 Å². The van der Waals surface area contributed by atoms with Gasteiger partial charge in [0.1, 0.15) is 0 Å². The normalized spacial score (nSPS) is 16.6. The summed E-state index contributed by atoms with van der Waals surface area (Å²) in [5.74, 6) is 1.85. The molecule has 1 saturated heterocycles. The lowest BCUT2D eigenvalue weighted by Crippen LogP contribution is -2.46. The van der Waals surface area contributed by atoms with E-state index in [1.807, 2.05) is 0 Å². The van der Waals surface area contributed by atoms with Crippen molar-refractivity contribution in [2.75, 3.05) is 33.2 Å². The maximum atomic E-state index is 11.5. The Morgan fingerprint density at radius 1 is 1.25 bits per heavy atom. The number of piperidine rings is 1. The molecule has 20 heavy (non-hydrogen) atoms. The number of guanidine groups is 1. The van der Waals surface area contributed by atoms with E-state index in [9.17, 15) is 4.79 Å². The van der Waals surface area contributed by atoms with Crippen molar-refractivity contribution in [1.82, 2.24) is 15.5 Å². The maximum absolute atomic E-state index is 11.5. The molecular weight excluding hydrogens is 367 g/mol. The van der Waals surface area contributed by atoms with Gasteiger partial charge in [0.25, 0.3) is 0 Å². The highest BCUT2D eigenvalue weighted by Gasteiger charge is 2.18. The van der Waals surface area contributed by atoms with E-state index in [-0.39, 0.29) is 29.9 Å². The van der Waals surface area contributed by atoms with Crippen LogP contribution in [0.15, 0.2) is 4.99 Å². The van der Waals surface area contributed by atoms with Crippen molar-refractivity contribution in [2.24, 2.45) is 10.9 Å². The number of carbonyl (C=O) groups is 1. The van der Waals surface area contributed by atoms with E-state index in [4.69, 9.17) is 0 Å². The zero-order chi connectivity index (χ0) is 14.1. The highest BCUT2D eigenvalue weighted by Crippen LogP contribution is 2.15. The van der Waals surface area contributed by atoms with Gasteiger partial charge >= 0.3 is 0 Å². The van der Waals surface area contributed by atoms with E-state index in [0.717, 1.165) is 37.9 Å². The number of hydrogen-bond donors (Lipinski definition) is 2. The molecular formula is C14H29IN4O. The Bertz CT molecular complexity index is 302. The molecule has 0 aromatic carbocycles. The molecule has 6 heteroatoms. The topological polar surface area (TPSA) is 56.7 Å². The Hall–Kier alpha value is -0.530. The first-order valence-corrected chi connectivity index (χ1v) is 7.39. The number of amides is 1. The molecule has 1 fully saturated rings. The molecule has 0 aromatic rings. The lowest BCUT2D eigenvalue weighted by molar-refractivity contribution is -0.120.